The lowest BCUT2D eigenvalue weighted by Gasteiger charge is -2.35. The summed E-state index contributed by atoms with van der Waals surface area (Å²) in [6, 6.07) is 7.93. The van der Waals surface area contributed by atoms with Gasteiger partial charge in [0, 0.05) is 68.1 Å². The van der Waals surface area contributed by atoms with Crippen molar-refractivity contribution < 1.29 is 9.53 Å². The minimum Gasteiger partial charge on any atom is -0.444 e. The van der Waals surface area contributed by atoms with Crippen molar-refractivity contribution in [2.45, 2.75) is 58.5 Å². The van der Waals surface area contributed by atoms with Crippen molar-refractivity contribution in [3.63, 3.8) is 0 Å². The van der Waals surface area contributed by atoms with Gasteiger partial charge >= 0.3 is 6.09 Å². The Bertz CT molecular complexity index is 1070. The topological polar surface area (TPSA) is 73.0 Å². The maximum Gasteiger partial charge on any atom is 0.407 e. The highest BCUT2D eigenvalue weighted by atomic mass is 35.5. The number of fused-ring (bicyclic) bond motifs is 1. The van der Waals surface area contributed by atoms with Crippen LogP contribution in [-0.2, 0) is 4.74 Å². The van der Waals surface area contributed by atoms with E-state index in [1.807, 2.05) is 51.2 Å². The summed E-state index contributed by atoms with van der Waals surface area (Å²) in [5.74, 6) is 0.882. The molecule has 2 N–H and O–H groups in total. The van der Waals surface area contributed by atoms with Crippen LogP contribution in [0.3, 0.4) is 0 Å². The summed E-state index contributed by atoms with van der Waals surface area (Å²) in [6.07, 6.45) is 7.57. The van der Waals surface area contributed by atoms with E-state index in [0.717, 1.165) is 92.7 Å². The maximum atomic E-state index is 11.9. The summed E-state index contributed by atoms with van der Waals surface area (Å²) in [5.41, 5.74) is 1.61. The van der Waals surface area contributed by atoms with Crippen molar-refractivity contribution in [3.8, 4) is 0 Å². The number of hydrogen-bond acceptors (Lipinski definition) is 7. The highest BCUT2D eigenvalue weighted by molar-refractivity contribution is 6.31. The molecule has 0 spiro atoms. The van der Waals surface area contributed by atoms with E-state index in [1.54, 1.807) is 0 Å². The lowest BCUT2D eigenvalue weighted by Crippen LogP contribution is -2.47. The van der Waals surface area contributed by atoms with Crippen LogP contribution in [0.25, 0.3) is 10.9 Å². The van der Waals surface area contributed by atoms with Crippen molar-refractivity contribution in [2.75, 3.05) is 77.3 Å². The molecule has 1 aliphatic heterocycles. The molecule has 4 rings (SSSR count). The Kier molecular flexibility index (Phi) is 11.7. The van der Waals surface area contributed by atoms with Crippen LogP contribution in [0.5, 0.6) is 0 Å². The summed E-state index contributed by atoms with van der Waals surface area (Å²) in [7, 11) is 0. The van der Waals surface area contributed by atoms with Crippen LogP contribution in [0.15, 0.2) is 30.5 Å². The number of pyridine rings is 1. The number of carbonyl (C=O) groups excluding carboxylic acids is 1. The summed E-state index contributed by atoms with van der Waals surface area (Å²) in [6.45, 7) is 17.6. The first-order chi connectivity index (χ1) is 19.2. The Hall–Kier alpha value is -2.13. The van der Waals surface area contributed by atoms with Crippen LogP contribution in [0, 0.1) is 5.92 Å². The minimum absolute atomic E-state index is 0.315. The number of piperazine rings is 1. The van der Waals surface area contributed by atoms with E-state index in [2.05, 4.69) is 30.3 Å². The van der Waals surface area contributed by atoms with Crippen LogP contribution < -0.4 is 10.6 Å². The Balaban J connectivity index is 1.06. The zero-order chi connectivity index (χ0) is 28.4. The molecule has 2 heterocycles. The molecule has 222 valence electrons. The summed E-state index contributed by atoms with van der Waals surface area (Å²) in [4.78, 5) is 24.1. The minimum atomic E-state index is -0.447. The average Bonchev–Trinajstić information content (AvgIpc) is 3.72. The van der Waals surface area contributed by atoms with Gasteiger partial charge in [-0.15, -0.1) is 0 Å². The number of halogens is 1. The molecule has 1 amide bonds. The second-order valence-corrected chi connectivity index (χ2v) is 12.8. The van der Waals surface area contributed by atoms with Gasteiger partial charge in [0.2, 0.25) is 0 Å². The largest absolute Gasteiger partial charge is 0.444 e. The van der Waals surface area contributed by atoms with Crippen LogP contribution >= 0.6 is 11.6 Å². The predicted octanol–water partition coefficient (Wildman–Crippen LogP) is 5.32. The lowest BCUT2D eigenvalue weighted by atomic mass is 10.2. The first-order valence-corrected chi connectivity index (χ1v) is 15.5. The molecule has 0 unspecified atom stereocenters. The number of nitrogens with one attached hydrogen (secondary N) is 2. The van der Waals surface area contributed by atoms with Gasteiger partial charge in [0.25, 0.3) is 0 Å². The van der Waals surface area contributed by atoms with Gasteiger partial charge in [-0.05, 0) is 109 Å². The molecule has 1 aromatic heterocycles. The first kappa shape index (κ1) is 30.8. The van der Waals surface area contributed by atoms with Gasteiger partial charge in [-0.1, -0.05) is 11.6 Å². The normalized spacial score (nSPS) is 16.9. The number of anilines is 1. The molecule has 1 aromatic carbocycles. The monoisotopic (exact) mass is 572 g/mol. The molecular weight excluding hydrogens is 524 g/mol. The third-order valence-electron chi connectivity index (χ3n) is 7.62. The van der Waals surface area contributed by atoms with Crippen molar-refractivity contribution in [3.05, 3.63) is 35.5 Å². The van der Waals surface area contributed by atoms with Crippen LogP contribution in [0.4, 0.5) is 10.5 Å². The zero-order valence-electron chi connectivity index (χ0n) is 24.8. The van der Waals surface area contributed by atoms with E-state index in [9.17, 15) is 4.79 Å². The SMILES string of the molecule is CC(C)(C)OC(=O)NCCCN(CCCN1CCN(CCCNc2ccnc3cc(Cl)ccc23)CC1)CC1CC1. The van der Waals surface area contributed by atoms with Crippen LogP contribution in [-0.4, -0.2) is 103 Å². The Morgan fingerprint density at radius 3 is 2.42 bits per heavy atom. The average molecular weight is 573 g/mol. The Labute approximate surface area is 245 Å². The highest BCUT2D eigenvalue weighted by Crippen LogP contribution is 2.29. The number of benzene rings is 1. The highest BCUT2D eigenvalue weighted by Gasteiger charge is 2.24. The molecule has 0 bridgehead atoms. The first-order valence-electron chi connectivity index (χ1n) is 15.2. The number of nitrogens with zero attached hydrogens (tertiary/aromatic N) is 4. The number of amides is 1. The Morgan fingerprint density at radius 2 is 1.73 bits per heavy atom. The summed E-state index contributed by atoms with van der Waals surface area (Å²) >= 11 is 6.12. The van der Waals surface area contributed by atoms with Gasteiger partial charge < -0.3 is 30.1 Å². The zero-order valence-corrected chi connectivity index (χ0v) is 25.5. The number of alkyl carbamates (subject to hydrolysis) is 1. The van der Waals surface area contributed by atoms with Crippen LogP contribution in [0.2, 0.25) is 5.02 Å². The molecule has 2 aromatic rings. The third-order valence-corrected chi connectivity index (χ3v) is 7.85. The molecule has 0 atom stereocenters. The van der Waals surface area contributed by atoms with E-state index in [-0.39, 0.29) is 6.09 Å². The van der Waals surface area contributed by atoms with Gasteiger partial charge in [-0.3, -0.25) is 4.98 Å². The van der Waals surface area contributed by atoms with Crippen LogP contribution in [0.1, 0.15) is 52.9 Å². The van der Waals surface area contributed by atoms with E-state index >= 15 is 0 Å². The van der Waals surface area contributed by atoms with Crippen molar-refractivity contribution in [1.29, 1.82) is 0 Å². The number of carbonyl (C=O) groups is 1. The van der Waals surface area contributed by atoms with Gasteiger partial charge in [-0.2, -0.15) is 0 Å². The molecule has 0 radical (unpaired) electrons. The van der Waals surface area contributed by atoms with Gasteiger partial charge in [-0.25, -0.2) is 4.79 Å². The molecule has 2 fully saturated rings. The molecule has 2 aliphatic rings. The van der Waals surface area contributed by atoms with Gasteiger partial charge in [0.1, 0.15) is 5.60 Å². The van der Waals surface area contributed by atoms with Gasteiger partial charge in [0.15, 0.2) is 0 Å². The number of ether oxygens (including phenoxy) is 1. The fraction of sp³-hybridized carbons (Fsp3) is 0.677. The van der Waals surface area contributed by atoms with E-state index in [0.29, 0.717) is 6.54 Å². The van der Waals surface area contributed by atoms with Gasteiger partial charge in [0.05, 0.1) is 5.52 Å². The summed E-state index contributed by atoms with van der Waals surface area (Å²) < 4.78 is 5.34. The van der Waals surface area contributed by atoms with Crippen molar-refractivity contribution in [2.24, 2.45) is 5.92 Å². The predicted molar refractivity (Wildman–Crippen MR) is 165 cm³/mol. The molecular formula is C31H49ClN6O2. The fourth-order valence-electron chi connectivity index (χ4n) is 5.32. The van der Waals surface area contributed by atoms with Crippen molar-refractivity contribution in [1.82, 2.24) is 25.0 Å². The standard InChI is InChI=1S/C31H49ClN6O2/c1-31(2,3)40-30(39)35-13-5-16-38(24-25-7-8-25)18-6-17-37-21-19-36(20-22-37)15-4-12-33-28-11-14-34-29-23-26(32)9-10-27(28)29/h9-11,14,23,25H,4-8,12-13,15-22,24H2,1-3H3,(H,33,34)(H,35,39). The Morgan fingerprint density at radius 1 is 1.02 bits per heavy atom. The second-order valence-electron chi connectivity index (χ2n) is 12.4. The smallest absolute Gasteiger partial charge is 0.407 e. The maximum absolute atomic E-state index is 11.9. The molecule has 1 saturated heterocycles. The summed E-state index contributed by atoms with van der Waals surface area (Å²) in [5, 5.41) is 8.33. The molecule has 9 heteroatoms. The quantitative estimate of drug-likeness (QED) is 0.280. The number of hydrogen-bond donors (Lipinski definition) is 2. The van der Waals surface area contributed by atoms with E-state index < -0.39 is 5.60 Å². The molecule has 8 nitrogen and oxygen atoms in total. The molecule has 1 saturated carbocycles. The van der Waals surface area contributed by atoms with E-state index in [4.69, 9.17) is 16.3 Å². The van der Waals surface area contributed by atoms with E-state index in [1.165, 1.54) is 32.4 Å². The molecule has 40 heavy (non-hydrogen) atoms. The lowest BCUT2D eigenvalue weighted by molar-refractivity contribution is 0.0525. The number of aromatic nitrogens is 1. The second kappa shape index (κ2) is 15.2. The molecule has 1 aliphatic carbocycles. The number of rotatable bonds is 15. The third kappa shape index (κ3) is 11.0. The fourth-order valence-corrected chi connectivity index (χ4v) is 5.49. The van der Waals surface area contributed by atoms with Crippen molar-refractivity contribution >= 4 is 34.3 Å².